The van der Waals surface area contributed by atoms with Crippen molar-refractivity contribution in [3.05, 3.63) is 128 Å². The second-order valence-corrected chi connectivity index (χ2v) is 18.3. The minimum atomic E-state index is -1.37. The Bertz CT molecular complexity index is 2590. The highest BCUT2D eigenvalue weighted by atomic mass is 35.5. The molecule has 64 heavy (non-hydrogen) atoms. The van der Waals surface area contributed by atoms with Crippen LogP contribution in [0.3, 0.4) is 0 Å². The smallest absolute Gasteiger partial charge is 0.262 e. The second kappa shape index (κ2) is 17.4. The molecular weight excluding hydrogens is 862 g/mol. The summed E-state index contributed by atoms with van der Waals surface area (Å²) in [7, 11) is 0. The monoisotopic (exact) mass is 908 g/mol. The van der Waals surface area contributed by atoms with Gasteiger partial charge in [0.05, 0.1) is 28.2 Å². The minimum absolute atomic E-state index is 0.106. The van der Waals surface area contributed by atoms with Crippen molar-refractivity contribution in [3.8, 4) is 0 Å². The summed E-state index contributed by atoms with van der Waals surface area (Å²) in [4.78, 5) is 81.7. The number of nitrogens with zero attached hydrogens (tertiary/aromatic N) is 1. The summed E-state index contributed by atoms with van der Waals surface area (Å²) in [6.45, 7) is 0.391. The van der Waals surface area contributed by atoms with Crippen molar-refractivity contribution in [1.82, 2.24) is 20.9 Å². The molecule has 3 fully saturated rings. The number of imide groups is 1. The molecule has 0 bridgehead atoms. The van der Waals surface area contributed by atoms with Crippen LogP contribution < -0.4 is 26.6 Å². The first-order valence-electron chi connectivity index (χ1n) is 21.8. The van der Waals surface area contributed by atoms with Crippen molar-refractivity contribution in [3.63, 3.8) is 0 Å². The van der Waals surface area contributed by atoms with Gasteiger partial charge < -0.3 is 26.4 Å². The number of piperidine rings is 1. The number of aliphatic hydroxyl groups is 1. The molecule has 6 amide bonds. The Hall–Kier alpha value is -5.67. The zero-order valence-corrected chi connectivity index (χ0v) is 36.3. The molecule has 16 heteroatoms. The number of aryl methyl sites for hydroxylation is 1. The number of fused-ring (bicyclic) bond motifs is 4. The number of carbonyl (C=O) groups is 6. The Morgan fingerprint density at radius 1 is 0.891 bits per heavy atom. The molecule has 2 unspecified atom stereocenters. The van der Waals surface area contributed by atoms with Crippen LogP contribution in [0.5, 0.6) is 0 Å². The molecule has 13 nitrogen and oxygen atoms in total. The van der Waals surface area contributed by atoms with E-state index in [2.05, 4.69) is 26.6 Å². The molecule has 4 aromatic carbocycles. The van der Waals surface area contributed by atoms with Gasteiger partial charge in [0.2, 0.25) is 17.7 Å². The summed E-state index contributed by atoms with van der Waals surface area (Å²) in [6, 6.07) is 19.6. The number of halogens is 3. The summed E-state index contributed by atoms with van der Waals surface area (Å²) in [5, 5.41) is 25.7. The van der Waals surface area contributed by atoms with Gasteiger partial charge in [0.1, 0.15) is 17.5 Å². The molecular formula is C48H47Cl2FN6O7. The molecule has 5 atom stereocenters. The fraction of sp³-hybridized carbons (Fsp3) is 0.375. The molecule has 6 N–H and O–H groups in total. The fourth-order valence-electron chi connectivity index (χ4n) is 11.0. The third-order valence-corrected chi connectivity index (χ3v) is 14.4. The second-order valence-electron chi connectivity index (χ2n) is 17.4. The van der Waals surface area contributed by atoms with Crippen LogP contribution in [-0.2, 0) is 26.2 Å². The Kier molecular flexibility index (Phi) is 11.8. The summed E-state index contributed by atoms with van der Waals surface area (Å²) < 4.78 is 16.2. The lowest BCUT2D eigenvalue weighted by molar-refractivity contribution is -0.129. The topological polar surface area (TPSA) is 186 Å². The SMILES string of the molecule is O=C1CCC(N2C(=O)c3cccc(CCCCCNC(=O)c4ccc(NC(=O)[C@@H]5NC6(CCCCC6)[C@@]6(C(=O)Nc7cc(Cl)ccc76)[C@H]5c5cccc(Cl)c5F)cc4)c3C2=O)C(O)N1. The van der Waals surface area contributed by atoms with Crippen LogP contribution in [0.2, 0.25) is 10.0 Å². The van der Waals surface area contributed by atoms with Crippen LogP contribution in [0.1, 0.15) is 118 Å². The third kappa shape index (κ3) is 7.34. The van der Waals surface area contributed by atoms with Crippen molar-refractivity contribution in [1.29, 1.82) is 0 Å². The molecule has 4 heterocycles. The van der Waals surface area contributed by atoms with Gasteiger partial charge in [0.15, 0.2) is 0 Å². The average molecular weight is 910 g/mol. The van der Waals surface area contributed by atoms with Crippen molar-refractivity contribution < 1.29 is 38.3 Å². The molecule has 1 saturated carbocycles. The third-order valence-electron chi connectivity index (χ3n) is 13.8. The number of hydrogen-bond acceptors (Lipinski definition) is 8. The van der Waals surface area contributed by atoms with E-state index in [-0.39, 0.29) is 46.7 Å². The van der Waals surface area contributed by atoms with Crippen LogP contribution >= 0.6 is 23.2 Å². The number of benzene rings is 4. The summed E-state index contributed by atoms with van der Waals surface area (Å²) in [5.74, 6) is -4.07. The van der Waals surface area contributed by atoms with Gasteiger partial charge in [-0.25, -0.2) is 4.39 Å². The first-order chi connectivity index (χ1) is 30.8. The molecule has 332 valence electrons. The van der Waals surface area contributed by atoms with E-state index in [0.29, 0.717) is 71.7 Å². The zero-order valence-electron chi connectivity index (χ0n) is 34.8. The van der Waals surface area contributed by atoms with E-state index in [1.165, 1.54) is 6.07 Å². The maximum Gasteiger partial charge on any atom is 0.262 e. The van der Waals surface area contributed by atoms with Crippen LogP contribution in [0.15, 0.2) is 78.9 Å². The number of amides is 6. The van der Waals surface area contributed by atoms with Crippen LogP contribution in [0.25, 0.3) is 0 Å². The van der Waals surface area contributed by atoms with Gasteiger partial charge in [-0.05, 0) is 104 Å². The highest BCUT2D eigenvalue weighted by Crippen LogP contribution is 2.63. The van der Waals surface area contributed by atoms with Gasteiger partial charge in [-0.2, -0.15) is 0 Å². The van der Waals surface area contributed by atoms with Crippen molar-refractivity contribution in [2.75, 3.05) is 17.2 Å². The normalized spacial score (nSPS) is 24.4. The molecule has 5 aliphatic rings. The van der Waals surface area contributed by atoms with E-state index in [1.54, 1.807) is 66.7 Å². The van der Waals surface area contributed by atoms with Gasteiger partial charge in [-0.3, -0.25) is 39.0 Å². The lowest BCUT2D eigenvalue weighted by Crippen LogP contribution is -2.60. The molecule has 4 aliphatic heterocycles. The molecule has 9 rings (SSSR count). The number of rotatable bonds is 11. The van der Waals surface area contributed by atoms with Gasteiger partial charge in [0, 0.05) is 46.4 Å². The number of anilines is 2. The molecule has 1 aliphatic carbocycles. The molecule has 0 radical (unpaired) electrons. The maximum absolute atomic E-state index is 16.2. The summed E-state index contributed by atoms with van der Waals surface area (Å²) in [6.07, 6.45) is 5.33. The van der Waals surface area contributed by atoms with E-state index < -0.39 is 58.7 Å². The van der Waals surface area contributed by atoms with Crippen molar-refractivity contribution in [2.45, 2.75) is 106 Å². The van der Waals surface area contributed by atoms with E-state index in [4.69, 9.17) is 23.2 Å². The Balaban J connectivity index is 0.840. The van der Waals surface area contributed by atoms with Crippen molar-refractivity contribution in [2.24, 2.45) is 0 Å². The zero-order chi connectivity index (χ0) is 44.9. The molecule has 2 saturated heterocycles. The van der Waals surface area contributed by atoms with Gasteiger partial charge in [-0.1, -0.05) is 79.2 Å². The standard InChI is InChI=1S/C48H47Cl2FN6O7/c49-28-16-19-32-34(25-28)54-46(64)48(32)38(31-12-8-13-33(50)39(31)51)40(56-47(48)22-4-2-5-23-47)43(61)53-29-17-14-27(15-18-29)41(59)52-24-6-1-3-9-26-10-7-11-30-37(26)45(63)57(44(30)62)35-20-21-36(58)55-42(35)60/h7-8,10-19,25,35,38,40,42,56,60H,1-6,9,20-24H2,(H,52,59)(H,53,61)(H,54,64)(H,55,58)/t35?,38-,40+,42?,48+/m0/s1. The predicted octanol–water partition coefficient (Wildman–Crippen LogP) is 6.76. The molecule has 0 aromatic heterocycles. The quantitative estimate of drug-likeness (QED) is 0.0705. The number of hydrogen-bond donors (Lipinski definition) is 6. The summed E-state index contributed by atoms with van der Waals surface area (Å²) in [5.41, 5.74) is 1.22. The molecule has 2 spiro atoms. The highest BCUT2D eigenvalue weighted by Gasteiger charge is 2.72. The predicted molar refractivity (Wildman–Crippen MR) is 238 cm³/mol. The Labute approximate surface area is 378 Å². The number of unbranched alkanes of at least 4 members (excludes halogenated alkanes) is 2. The van der Waals surface area contributed by atoms with Crippen LogP contribution in [-0.4, -0.2) is 75.8 Å². The van der Waals surface area contributed by atoms with Gasteiger partial charge >= 0.3 is 0 Å². The lowest BCUT2D eigenvalue weighted by Gasteiger charge is -2.47. The fourth-order valence-corrected chi connectivity index (χ4v) is 11.3. The maximum atomic E-state index is 16.2. The first-order valence-corrected chi connectivity index (χ1v) is 22.6. The van der Waals surface area contributed by atoms with E-state index in [1.807, 2.05) is 6.07 Å². The van der Waals surface area contributed by atoms with Crippen molar-refractivity contribution >= 4 is 70.0 Å². The van der Waals surface area contributed by atoms with Crippen LogP contribution in [0.4, 0.5) is 15.8 Å². The van der Waals surface area contributed by atoms with E-state index >= 15 is 4.39 Å². The van der Waals surface area contributed by atoms with Gasteiger partial charge in [-0.15, -0.1) is 0 Å². The van der Waals surface area contributed by atoms with E-state index in [0.717, 1.165) is 36.1 Å². The Morgan fingerprint density at radius 2 is 1.66 bits per heavy atom. The number of nitrogens with one attached hydrogen (secondary N) is 5. The largest absolute Gasteiger partial charge is 0.372 e. The number of aliphatic hydroxyl groups excluding tert-OH is 1. The van der Waals surface area contributed by atoms with Crippen LogP contribution in [0, 0.1) is 5.82 Å². The average Bonchev–Trinajstić information content (AvgIpc) is 3.84. The Morgan fingerprint density at radius 3 is 2.42 bits per heavy atom. The lowest BCUT2D eigenvalue weighted by atomic mass is 9.55. The number of carbonyl (C=O) groups excluding carboxylic acids is 6. The minimum Gasteiger partial charge on any atom is -0.372 e. The van der Waals surface area contributed by atoms with Gasteiger partial charge in [0.25, 0.3) is 17.7 Å². The summed E-state index contributed by atoms with van der Waals surface area (Å²) >= 11 is 12.8. The first kappa shape index (κ1) is 43.6. The molecule has 4 aromatic rings. The van der Waals surface area contributed by atoms with E-state index in [9.17, 15) is 33.9 Å². The highest BCUT2D eigenvalue weighted by molar-refractivity contribution is 6.31.